The quantitative estimate of drug-likeness (QED) is 0.672. The first-order valence-electron chi connectivity index (χ1n) is 9.45. The first-order valence-corrected chi connectivity index (χ1v) is 10.9. The van der Waals surface area contributed by atoms with Gasteiger partial charge < -0.3 is 4.90 Å². The molecule has 1 aliphatic carbocycles. The van der Waals surface area contributed by atoms with E-state index in [2.05, 4.69) is 0 Å². The first kappa shape index (κ1) is 22.3. The topological polar surface area (TPSA) is 57.7 Å². The molecular formula is C21H23F3N2O3S. The lowest BCUT2D eigenvalue weighted by Crippen LogP contribution is -2.35. The van der Waals surface area contributed by atoms with Gasteiger partial charge in [0.25, 0.3) is 5.91 Å². The highest BCUT2D eigenvalue weighted by Gasteiger charge is 2.38. The van der Waals surface area contributed by atoms with Crippen LogP contribution >= 0.6 is 0 Å². The van der Waals surface area contributed by atoms with E-state index in [1.807, 2.05) is 0 Å². The van der Waals surface area contributed by atoms with Gasteiger partial charge in [0.05, 0.1) is 16.5 Å². The maximum absolute atomic E-state index is 13.2. The van der Waals surface area contributed by atoms with E-state index in [-0.39, 0.29) is 16.8 Å². The zero-order valence-electron chi connectivity index (χ0n) is 16.8. The van der Waals surface area contributed by atoms with Crippen molar-refractivity contribution in [3.8, 4) is 0 Å². The molecule has 9 heteroatoms. The second kappa shape index (κ2) is 8.03. The number of amides is 1. The molecule has 1 amide bonds. The molecular weight excluding hydrogens is 417 g/mol. The Balaban J connectivity index is 1.89. The van der Waals surface area contributed by atoms with Crippen LogP contribution in [0.25, 0.3) is 0 Å². The number of nitrogens with zero attached hydrogens (tertiary/aromatic N) is 2. The average molecular weight is 440 g/mol. The molecule has 0 N–H and O–H groups in total. The number of alkyl halides is 3. The Bertz CT molecular complexity index is 1030. The molecule has 1 saturated carbocycles. The summed E-state index contributed by atoms with van der Waals surface area (Å²) in [5.74, 6) is -0.337. The molecule has 0 radical (unpaired) electrons. The third-order valence-electron chi connectivity index (χ3n) is 5.17. The van der Waals surface area contributed by atoms with Crippen LogP contribution in [0.4, 0.5) is 13.2 Å². The van der Waals surface area contributed by atoms with Crippen LogP contribution in [0.5, 0.6) is 0 Å². The van der Waals surface area contributed by atoms with Gasteiger partial charge in [-0.15, -0.1) is 0 Å². The number of sulfonamides is 1. The van der Waals surface area contributed by atoms with Gasteiger partial charge in [0.2, 0.25) is 10.0 Å². The Morgan fingerprint density at radius 3 is 2.17 bits per heavy atom. The van der Waals surface area contributed by atoms with E-state index in [1.54, 1.807) is 17.9 Å². The summed E-state index contributed by atoms with van der Waals surface area (Å²) in [6, 6.07) is 9.99. The van der Waals surface area contributed by atoms with Crippen LogP contribution in [-0.4, -0.2) is 43.7 Å². The molecule has 3 rings (SSSR count). The molecule has 5 nitrogen and oxygen atoms in total. The SMILES string of the molecule is CC(c1cccc(C(F)(F)F)c1)N(C(=O)c1ccc(S(=O)(=O)N(C)C)cc1)C1CC1. The van der Waals surface area contributed by atoms with Gasteiger partial charge in [-0.1, -0.05) is 12.1 Å². The van der Waals surface area contributed by atoms with Crippen LogP contribution in [0.2, 0.25) is 0 Å². The van der Waals surface area contributed by atoms with Crippen molar-refractivity contribution in [3.05, 3.63) is 65.2 Å². The van der Waals surface area contributed by atoms with Gasteiger partial charge in [-0.3, -0.25) is 4.79 Å². The van der Waals surface area contributed by atoms with E-state index in [9.17, 15) is 26.4 Å². The summed E-state index contributed by atoms with van der Waals surface area (Å²) in [4.78, 5) is 14.8. The minimum atomic E-state index is -4.46. The molecule has 1 aliphatic rings. The van der Waals surface area contributed by atoms with Gasteiger partial charge in [-0.05, 0) is 61.7 Å². The largest absolute Gasteiger partial charge is 0.416 e. The van der Waals surface area contributed by atoms with Crippen LogP contribution in [0, 0.1) is 0 Å². The minimum Gasteiger partial charge on any atom is -0.329 e. The molecule has 30 heavy (non-hydrogen) atoms. The number of rotatable bonds is 6. The summed E-state index contributed by atoms with van der Waals surface area (Å²) in [7, 11) is -0.787. The van der Waals surface area contributed by atoms with E-state index in [0.29, 0.717) is 11.1 Å². The Labute approximate surface area is 174 Å². The summed E-state index contributed by atoms with van der Waals surface area (Å²) in [5.41, 5.74) is -0.0661. The number of hydrogen-bond donors (Lipinski definition) is 0. The standard InChI is InChI=1S/C21H23F3N2O3S/c1-14(16-5-4-6-17(13-16)21(22,23)24)26(18-9-10-18)20(27)15-7-11-19(12-8-15)30(28,29)25(2)3/h4-8,11-14,18H,9-10H2,1-3H3. The van der Waals surface area contributed by atoms with Crippen molar-refractivity contribution < 1.29 is 26.4 Å². The molecule has 1 unspecified atom stereocenters. The van der Waals surface area contributed by atoms with E-state index in [0.717, 1.165) is 29.3 Å². The van der Waals surface area contributed by atoms with Gasteiger partial charge >= 0.3 is 6.18 Å². The van der Waals surface area contributed by atoms with Crippen LogP contribution in [0.1, 0.15) is 47.3 Å². The number of benzene rings is 2. The highest BCUT2D eigenvalue weighted by atomic mass is 32.2. The maximum Gasteiger partial charge on any atom is 0.416 e. The van der Waals surface area contributed by atoms with Crippen LogP contribution < -0.4 is 0 Å². The van der Waals surface area contributed by atoms with Crippen LogP contribution in [0.15, 0.2) is 53.4 Å². The van der Waals surface area contributed by atoms with E-state index >= 15 is 0 Å². The molecule has 2 aromatic rings. The molecule has 162 valence electrons. The monoisotopic (exact) mass is 440 g/mol. The predicted octanol–water partition coefficient (Wildman–Crippen LogP) is 4.32. The summed E-state index contributed by atoms with van der Waals surface area (Å²) in [6.07, 6.45) is -2.90. The van der Waals surface area contributed by atoms with Crippen molar-refractivity contribution in [2.24, 2.45) is 0 Å². The zero-order chi connectivity index (χ0) is 22.3. The van der Waals surface area contributed by atoms with Gasteiger partial charge in [0, 0.05) is 25.7 Å². The molecule has 0 heterocycles. The van der Waals surface area contributed by atoms with Gasteiger partial charge in [-0.2, -0.15) is 13.2 Å². The first-order chi connectivity index (χ1) is 13.9. The van der Waals surface area contributed by atoms with E-state index in [4.69, 9.17) is 0 Å². The van der Waals surface area contributed by atoms with Crippen molar-refractivity contribution in [1.29, 1.82) is 0 Å². The van der Waals surface area contributed by atoms with Crippen LogP contribution in [-0.2, 0) is 16.2 Å². The van der Waals surface area contributed by atoms with E-state index in [1.165, 1.54) is 44.4 Å². The van der Waals surface area contributed by atoms with E-state index < -0.39 is 27.8 Å². The van der Waals surface area contributed by atoms with Crippen molar-refractivity contribution >= 4 is 15.9 Å². The Morgan fingerprint density at radius 1 is 1.07 bits per heavy atom. The maximum atomic E-state index is 13.2. The molecule has 0 saturated heterocycles. The van der Waals surface area contributed by atoms with Crippen molar-refractivity contribution in [1.82, 2.24) is 9.21 Å². The fourth-order valence-corrected chi connectivity index (χ4v) is 4.18. The fourth-order valence-electron chi connectivity index (χ4n) is 3.28. The Hall–Kier alpha value is -2.39. The zero-order valence-corrected chi connectivity index (χ0v) is 17.7. The predicted molar refractivity (Wildman–Crippen MR) is 106 cm³/mol. The number of halogens is 3. The lowest BCUT2D eigenvalue weighted by atomic mass is 10.0. The van der Waals surface area contributed by atoms with Crippen molar-refractivity contribution in [2.75, 3.05) is 14.1 Å². The van der Waals surface area contributed by atoms with Gasteiger partial charge in [-0.25, -0.2) is 12.7 Å². The number of carbonyl (C=O) groups excluding carboxylic acids is 1. The summed E-state index contributed by atoms with van der Waals surface area (Å²) in [6.45, 7) is 1.70. The number of hydrogen-bond acceptors (Lipinski definition) is 3. The fraction of sp³-hybridized carbons (Fsp3) is 0.381. The molecule has 0 aromatic heterocycles. The molecule has 2 aromatic carbocycles. The lowest BCUT2D eigenvalue weighted by Gasteiger charge is -2.30. The third-order valence-corrected chi connectivity index (χ3v) is 7.00. The summed E-state index contributed by atoms with van der Waals surface area (Å²) in [5, 5.41) is 0. The second-order valence-electron chi connectivity index (χ2n) is 7.55. The normalized spacial score (nSPS) is 15.8. The van der Waals surface area contributed by atoms with Crippen molar-refractivity contribution in [3.63, 3.8) is 0 Å². The Morgan fingerprint density at radius 2 is 1.67 bits per heavy atom. The smallest absolute Gasteiger partial charge is 0.329 e. The van der Waals surface area contributed by atoms with Gasteiger partial charge in [0.1, 0.15) is 0 Å². The molecule has 1 fully saturated rings. The summed E-state index contributed by atoms with van der Waals surface area (Å²) >= 11 is 0. The van der Waals surface area contributed by atoms with Crippen molar-refractivity contribution in [2.45, 2.75) is 42.9 Å². The molecule has 0 aliphatic heterocycles. The Kier molecular flexibility index (Phi) is 5.97. The third kappa shape index (κ3) is 4.52. The highest BCUT2D eigenvalue weighted by Crippen LogP contribution is 2.37. The highest BCUT2D eigenvalue weighted by molar-refractivity contribution is 7.89. The molecule has 1 atom stereocenters. The van der Waals surface area contributed by atoms with Crippen LogP contribution in [0.3, 0.4) is 0 Å². The van der Waals surface area contributed by atoms with Gasteiger partial charge in [0.15, 0.2) is 0 Å². The lowest BCUT2D eigenvalue weighted by molar-refractivity contribution is -0.137. The minimum absolute atomic E-state index is 0.0489. The number of carbonyl (C=O) groups is 1. The molecule has 0 bridgehead atoms. The molecule has 0 spiro atoms. The summed E-state index contributed by atoms with van der Waals surface area (Å²) < 4.78 is 64.8. The second-order valence-corrected chi connectivity index (χ2v) is 9.71. The average Bonchev–Trinajstić information content (AvgIpc) is 3.52.